The van der Waals surface area contributed by atoms with Crippen molar-refractivity contribution in [2.24, 2.45) is 5.92 Å². The lowest BCUT2D eigenvalue weighted by Crippen LogP contribution is -2.41. The number of nitrogens with zero attached hydrogens (tertiary/aromatic N) is 3. The highest BCUT2D eigenvalue weighted by molar-refractivity contribution is 5.95. The molecule has 0 radical (unpaired) electrons. The van der Waals surface area contributed by atoms with Crippen LogP contribution >= 0.6 is 0 Å². The molecule has 2 amide bonds. The Morgan fingerprint density at radius 3 is 2.63 bits per heavy atom. The minimum absolute atomic E-state index is 0.00436. The fourth-order valence-corrected chi connectivity index (χ4v) is 4.27. The molecule has 1 aliphatic carbocycles. The summed E-state index contributed by atoms with van der Waals surface area (Å²) in [6, 6.07) is 7.50. The van der Waals surface area contributed by atoms with Crippen LogP contribution < -0.4 is 10.1 Å². The van der Waals surface area contributed by atoms with Gasteiger partial charge in [0.25, 0.3) is 5.91 Å². The van der Waals surface area contributed by atoms with Crippen LogP contribution in [0, 0.1) is 5.92 Å². The second-order valence-electron chi connectivity index (χ2n) is 8.19. The van der Waals surface area contributed by atoms with Crippen molar-refractivity contribution in [2.45, 2.75) is 58.1 Å². The molecule has 2 aliphatic rings. The molecule has 0 spiro atoms. The maximum atomic E-state index is 13.0. The van der Waals surface area contributed by atoms with Crippen molar-refractivity contribution in [1.29, 1.82) is 0 Å². The number of aryl methyl sites for hydroxylation is 1. The number of ether oxygens (including phenoxy) is 1. The Morgan fingerprint density at radius 1 is 1.17 bits per heavy atom. The van der Waals surface area contributed by atoms with Gasteiger partial charge in [-0.15, -0.1) is 0 Å². The summed E-state index contributed by atoms with van der Waals surface area (Å²) in [6.45, 7) is 3.93. The molecule has 1 saturated heterocycles. The van der Waals surface area contributed by atoms with E-state index in [-0.39, 0.29) is 23.8 Å². The minimum atomic E-state index is -0.0870. The Hall–Kier alpha value is -2.83. The number of nitrogens with one attached hydrogen (secondary N) is 1. The predicted octanol–water partition coefficient (Wildman–Crippen LogP) is 3.72. The molecule has 1 aliphatic heterocycles. The molecule has 30 heavy (non-hydrogen) atoms. The summed E-state index contributed by atoms with van der Waals surface area (Å²) in [5, 5.41) is 7.12. The molecule has 1 saturated carbocycles. The first-order chi connectivity index (χ1) is 14.6. The molecule has 1 N–H and O–H groups in total. The van der Waals surface area contributed by atoms with Crippen LogP contribution in [0.1, 0.15) is 55.8 Å². The molecule has 0 atom stereocenters. The summed E-state index contributed by atoms with van der Waals surface area (Å²) in [5.74, 6) is 0.699. The van der Waals surface area contributed by atoms with Crippen LogP contribution in [0.25, 0.3) is 0 Å². The fraction of sp³-hybridized carbons (Fsp3) is 0.522. The van der Waals surface area contributed by atoms with Crippen LogP contribution in [-0.2, 0) is 11.3 Å². The number of amides is 2. The minimum Gasteiger partial charge on any atom is -0.490 e. The van der Waals surface area contributed by atoms with Crippen molar-refractivity contribution in [3.63, 3.8) is 0 Å². The van der Waals surface area contributed by atoms with Crippen LogP contribution in [0.15, 0.2) is 36.7 Å². The van der Waals surface area contributed by atoms with E-state index in [1.807, 2.05) is 42.3 Å². The largest absolute Gasteiger partial charge is 0.490 e. The van der Waals surface area contributed by atoms with Crippen LogP contribution in [0.3, 0.4) is 0 Å². The van der Waals surface area contributed by atoms with Gasteiger partial charge in [-0.2, -0.15) is 5.10 Å². The van der Waals surface area contributed by atoms with Gasteiger partial charge in [0.05, 0.1) is 18.0 Å². The second kappa shape index (κ2) is 9.32. The summed E-state index contributed by atoms with van der Waals surface area (Å²) in [4.78, 5) is 27.3. The maximum Gasteiger partial charge on any atom is 0.253 e. The van der Waals surface area contributed by atoms with Crippen LogP contribution in [-0.4, -0.2) is 45.7 Å². The molecule has 2 aromatic rings. The van der Waals surface area contributed by atoms with E-state index in [9.17, 15) is 9.59 Å². The normalized spacial score (nSPS) is 17.8. The summed E-state index contributed by atoms with van der Waals surface area (Å²) in [5.41, 5.74) is 1.37. The Morgan fingerprint density at radius 2 is 1.93 bits per heavy atom. The highest BCUT2D eigenvalue weighted by Gasteiger charge is 2.28. The number of carbonyl (C=O) groups is 2. The molecule has 0 unspecified atom stereocenters. The maximum absolute atomic E-state index is 13.0. The third-order valence-corrected chi connectivity index (χ3v) is 6.06. The molecular formula is C23H30N4O3. The van der Waals surface area contributed by atoms with Gasteiger partial charge in [0.2, 0.25) is 5.91 Å². The van der Waals surface area contributed by atoms with Crippen molar-refractivity contribution in [3.8, 4) is 5.75 Å². The van der Waals surface area contributed by atoms with E-state index < -0.39 is 0 Å². The summed E-state index contributed by atoms with van der Waals surface area (Å²) in [6.07, 6.45) is 9.71. The number of likely N-dealkylation sites (tertiary alicyclic amines) is 1. The third kappa shape index (κ3) is 4.83. The van der Waals surface area contributed by atoms with E-state index >= 15 is 0 Å². The number of aromatic nitrogens is 2. The monoisotopic (exact) mass is 410 g/mol. The predicted molar refractivity (Wildman–Crippen MR) is 114 cm³/mol. The van der Waals surface area contributed by atoms with E-state index in [0.717, 1.165) is 30.8 Å². The van der Waals surface area contributed by atoms with E-state index in [2.05, 4.69) is 10.4 Å². The fourth-order valence-electron chi connectivity index (χ4n) is 4.27. The molecular weight excluding hydrogens is 380 g/mol. The number of anilines is 1. The van der Waals surface area contributed by atoms with E-state index in [0.29, 0.717) is 31.5 Å². The smallest absolute Gasteiger partial charge is 0.253 e. The van der Waals surface area contributed by atoms with E-state index in [1.54, 1.807) is 10.9 Å². The van der Waals surface area contributed by atoms with Crippen molar-refractivity contribution < 1.29 is 14.3 Å². The van der Waals surface area contributed by atoms with Gasteiger partial charge in [-0.05, 0) is 63.6 Å². The second-order valence-corrected chi connectivity index (χ2v) is 8.19. The Kier molecular flexibility index (Phi) is 6.35. The number of carbonyl (C=O) groups excluding carboxylic acids is 2. The van der Waals surface area contributed by atoms with Crippen molar-refractivity contribution in [1.82, 2.24) is 14.7 Å². The molecule has 2 fully saturated rings. The molecule has 7 heteroatoms. The van der Waals surface area contributed by atoms with Gasteiger partial charge in [-0.3, -0.25) is 14.3 Å². The lowest BCUT2D eigenvalue weighted by atomic mass is 9.95. The SMILES string of the molecule is CCn1cc(NC(=O)C2CCN(C(=O)c3cccc(OC4CCCC4)c3)CC2)cn1. The van der Waals surface area contributed by atoms with Crippen LogP contribution in [0.4, 0.5) is 5.69 Å². The number of piperidine rings is 1. The van der Waals surface area contributed by atoms with Gasteiger partial charge in [0.1, 0.15) is 5.75 Å². The third-order valence-electron chi connectivity index (χ3n) is 6.06. The Labute approximate surface area is 177 Å². The number of rotatable bonds is 6. The number of benzene rings is 1. The zero-order valence-corrected chi connectivity index (χ0v) is 17.5. The first-order valence-electron chi connectivity index (χ1n) is 11.0. The highest BCUT2D eigenvalue weighted by Crippen LogP contribution is 2.26. The molecule has 1 aromatic heterocycles. The van der Waals surface area contributed by atoms with Gasteiger partial charge in [-0.1, -0.05) is 6.07 Å². The summed E-state index contributed by atoms with van der Waals surface area (Å²) >= 11 is 0. The average molecular weight is 411 g/mol. The van der Waals surface area contributed by atoms with Crippen molar-refractivity contribution in [3.05, 3.63) is 42.2 Å². The molecule has 7 nitrogen and oxygen atoms in total. The summed E-state index contributed by atoms with van der Waals surface area (Å²) < 4.78 is 7.82. The van der Waals surface area contributed by atoms with Crippen molar-refractivity contribution >= 4 is 17.5 Å². The van der Waals surface area contributed by atoms with Gasteiger partial charge >= 0.3 is 0 Å². The topological polar surface area (TPSA) is 76.5 Å². The van der Waals surface area contributed by atoms with Gasteiger partial charge in [-0.25, -0.2) is 0 Å². The average Bonchev–Trinajstić information content (AvgIpc) is 3.45. The standard InChI is InChI=1S/C23H30N4O3/c1-2-27-16-19(15-24-27)25-22(28)17-10-12-26(13-11-17)23(29)18-6-5-9-21(14-18)30-20-7-3-4-8-20/h5-6,9,14-17,20H,2-4,7-8,10-13H2,1H3,(H,25,28). The van der Waals surface area contributed by atoms with Crippen LogP contribution in [0.2, 0.25) is 0 Å². The molecule has 160 valence electrons. The first-order valence-corrected chi connectivity index (χ1v) is 11.0. The Balaban J connectivity index is 1.30. The lowest BCUT2D eigenvalue weighted by molar-refractivity contribution is -0.121. The molecule has 4 rings (SSSR count). The molecule has 2 heterocycles. The van der Waals surface area contributed by atoms with Gasteiger partial charge < -0.3 is 15.0 Å². The molecule has 1 aromatic carbocycles. The van der Waals surface area contributed by atoms with Crippen LogP contribution in [0.5, 0.6) is 5.75 Å². The quantitative estimate of drug-likeness (QED) is 0.788. The number of hydrogen-bond acceptors (Lipinski definition) is 4. The zero-order valence-electron chi connectivity index (χ0n) is 17.5. The van der Waals surface area contributed by atoms with E-state index in [1.165, 1.54) is 12.8 Å². The van der Waals surface area contributed by atoms with E-state index in [4.69, 9.17) is 4.74 Å². The lowest BCUT2D eigenvalue weighted by Gasteiger charge is -2.31. The number of hydrogen-bond donors (Lipinski definition) is 1. The highest BCUT2D eigenvalue weighted by atomic mass is 16.5. The van der Waals surface area contributed by atoms with Gasteiger partial charge in [0.15, 0.2) is 0 Å². The zero-order chi connectivity index (χ0) is 20.9. The Bertz CT molecular complexity index is 880. The first kappa shape index (κ1) is 20.4. The van der Waals surface area contributed by atoms with Crippen molar-refractivity contribution in [2.75, 3.05) is 18.4 Å². The molecule has 0 bridgehead atoms. The summed E-state index contributed by atoms with van der Waals surface area (Å²) in [7, 11) is 0. The van der Waals surface area contributed by atoms with Gasteiger partial charge in [0, 0.05) is 37.3 Å².